The molecule has 0 radical (unpaired) electrons. The first-order chi connectivity index (χ1) is 7.31. The first-order valence-electron chi connectivity index (χ1n) is 5.20. The maximum Gasteiger partial charge on any atom is 0.0897 e. The number of hydrogen-bond acceptors (Lipinski definition) is 4. The summed E-state index contributed by atoms with van der Waals surface area (Å²) in [6.07, 6.45) is 6.35. The van der Waals surface area contributed by atoms with Gasteiger partial charge in [0, 0.05) is 20.1 Å². The Morgan fingerprint density at radius 3 is 2.93 bits per heavy atom. The fourth-order valence-electron chi connectivity index (χ4n) is 1.00. The Bertz CT molecular complexity index is 168. The smallest absolute Gasteiger partial charge is 0.0897 e. The van der Waals surface area contributed by atoms with E-state index in [9.17, 15) is 5.11 Å². The summed E-state index contributed by atoms with van der Waals surface area (Å²) in [5.74, 6) is 2.56. The van der Waals surface area contributed by atoms with Crippen LogP contribution in [0.5, 0.6) is 0 Å². The number of aliphatic hydroxyl groups excluding tert-OH is 1. The van der Waals surface area contributed by atoms with Crippen molar-refractivity contribution in [1.29, 1.82) is 0 Å². The second-order valence-corrected chi connectivity index (χ2v) is 3.23. The van der Waals surface area contributed by atoms with Gasteiger partial charge in [-0.3, -0.25) is 0 Å². The predicted octanol–water partition coefficient (Wildman–Crippen LogP) is 0.0133. The van der Waals surface area contributed by atoms with Gasteiger partial charge in [-0.25, -0.2) is 0 Å². The molecule has 0 aromatic heterocycles. The molecule has 1 atom stereocenters. The molecule has 0 aromatic carbocycles. The zero-order valence-electron chi connectivity index (χ0n) is 9.37. The van der Waals surface area contributed by atoms with E-state index in [1.807, 2.05) is 0 Å². The molecule has 88 valence electrons. The van der Waals surface area contributed by atoms with Gasteiger partial charge >= 0.3 is 0 Å². The Balaban J connectivity index is 3.12. The molecule has 0 aliphatic heterocycles. The van der Waals surface area contributed by atoms with Crippen molar-refractivity contribution in [2.24, 2.45) is 0 Å². The molecule has 0 amide bonds. The van der Waals surface area contributed by atoms with Gasteiger partial charge in [-0.15, -0.1) is 12.3 Å². The molecule has 0 aliphatic carbocycles. The normalized spacial score (nSPS) is 12.3. The Kier molecular flexibility index (Phi) is 11.0. The molecular formula is C11H21NO3. The van der Waals surface area contributed by atoms with E-state index in [4.69, 9.17) is 15.9 Å². The summed E-state index contributed by atoms with van der Waals surface area (Å²) in [7, 11) is 1.62. The summed E-state index contributed by atoms with van der Waals surface area (Å²) in [6, 6.07) is 0. The fraction of sp³-hybridized carbons (Fsp3) is 0.818. The third-order valence-corrected chi connectivity index (χ3v) is 1.80. The Morgan fingerprint density at radius 1 is 1.47 bits per heavy atom. The van der Waals surface area contributed by atoms with Crippen LogP contribution in [0.25, 0.3) is 0 Å². The Hall–Kier alpha value is -0.600. The van der Waals surface area contributed by atoms with Gasteiger partial charge in [-0.2, -0.15) is 0 Å². The van der Waals surface area contributed by atoms with Crippen molar-refractivity contribution in [2.75, 3.05) is 40.0 Å². The van der Waals surface area contributed by atoms with Crippen LogP contribution >= 0.6 is 0 Å². The van der Waals surface area contributed by atoms with Crippen molar-refractivity contribution in [1.82, 2.24) is 5.32 Å². The molecular weight excluding hydrogens is 194 g/mol. The Morgan fingerprint density at radius 2 is 2.27 bits per heavy atom. The second-order valence-electron chi connectivity index (χ2n) is 3.23. The lowest BCUT2D eigenvalue weighted by atomic mass is 10.3. The highest BCUT2D eigenvalue weighted by Gasteiger charge is 2.02. The summed E-state index contributed by atoms with van der Waals surface area (Å²) in [4.78, 5) is 0. The summed E-state index contributed by atoms with van der Waals surface area (Å²) in [6.45, 7) is 2.79. The minimum atomic E-state index is -0.465. The molecule has 15 heavy (non-hydrogen) atoms. The third-order valence-electron chi connectivity index (χ3n) is 1.80. The number of rotatable bonds is 10. The van der Waals surface area contributed by atoms with E-state index in [0.29, 0.717) is 26.4 Å². The van der Waals surface area contributed by atoms with Crippen molar-refractivity contribution < 1.29 is 14.6 Å². The van der Waals surface area contributed by atoms with Gasteiger partial charge in [-0.05, 0) is 13.0 Å². The van der Waals surface area contributed by atoms with E-state index >= 15 is 0 Å². The van der Waals surface area contributed by atoms with Gasteiger partial charge in [0.25, 0.3) is 0 Å². The standard InChI is InChI=1S/C11H21NO3/c1-3-4-5-6-12-9-11(13)10-15-8-7-14-2/h1,11-13H,4-10H2,2H3. The van der Waals surface area contributed by atoms with Crippen molar-refractivity contribution >= 4 is 0 Å². The average molecular weight is 215 g/mol. The van der Waals surface area contributed by atoms with E-state index in [-0.39, 0.29) is 0 Å². The number of methoxy groups -OCH3 is 1. The van der Waals surface area contributed by atoms with Crippen LogP contribution in [-0.2, 0) is 9.47 Å². The van der Waals surface area contributed by atoms with Crippen molar-refractivity contribution in [3.05, 3.63) is 0 Å². The van der Waals surface area contributed by atoms with Crippen molar-refractivity contribution in [3.63, 3.8) is 0 Å². The zero-order chi connectivity index (χ0) is 11.4. The molecule has 0 fully saturated rings. The minimum Gasteiger partial charge on any atom is -0.389 e. The largest absolute Gasteiger partial charge is 0.389 e. The highest BCUT2D eigenvalue weighted by Crippen LogP contribution is 1.86. The molecule has 0 spiro atoms. The van der Waals surface area contributed by atoms with Crippen LogP contribution in [0.2, 0.25) is 0 Å². The second kappa shape index (κ2) is 11.5. The van der Waals surface area contributed by atoms with Crippen LogP contribution < -0.4 is 5.32 Å². The van der Waals surface area contributed by atoms with E-state index in [1.165, 1.54) is 0 Å². The molecule has 2 N–H and O–H groups in total. The molecule has 4 heteroatoms. The van der Waals surface area contributed by atoms with E-state index < -0.39 is 6.10 Å². The monoisotopic (exact) mass is 215 g/mol. The van der Waals surface area contributed by atoms with Crippen LogP contribution in [0.3, 0.4) is 0 Å². The number of unbranched alkanes of at least 4 members (excludes halogenated alkanes) is 1. The van der Waals surface area contributed by atoms with Crippen LogP contribution in [0.1, 0.15) is 12.8 Å². The van der Waals surface area contributed by atoms with E-state index in [1.54, 1.807) is 7.11 Å². The van der Waals surface area contributed by atoms with Gasteiger partial charge < -0.3 is 19.9 Å². The topological polar surface area (TPSA) is 50.7 Å². The Labute approximate surface area is 92.0 Å². The summed E-state index contributed by atoms with van der Waals surface area (Å²) in [5, 5.41) is 12.5. The van der Waals surface area contributed by atoms with Crippen molar-refractivity contribution in [3.8, 4) is 12.3 Å². The molecule has 0 heterocycles. The highest BCUT2D eigenvalue weighted by atomic mass is 16.5. The molecule has 0 aliphatic rings. The lowest BCUT2D eigenvalue weighted by molar-refractivity contribution is 0.0139. The van der Waals surface area contributed by atoms with Crippen LogP contribution in [0, 0.1) is 12.3 Å². The van der Waals surface area contributed by atoms with Gasteiger partial charge in [0.1, 0.15) is 0 Å². The predicted molar refractivity (Wildman–Crippen MR) is 59.6 cm³/mol. The van der Waals surface area contributed by atoms with Crippen LogP contribution in [0.4, 0.5) is 0 Å². The maximum absolute atomic E-state index is 9.44. The molecule has 4 nitrogen and oxygen atoms in total. The SMILES string of the molecule is C#CCCCNCC(O)COCCOC. The van der Waals surface area contributed by atoms with E-state index in [2.05, 4.69) is 11.2 Å². The summed E-state index contributed by atoms with van der Waals surface area (Å²) >= 11 is 0. The molecule has 1 unspecified atom stereocenters. The van der Waals surface area contributed by atoms with Gasteiger partial charge in [0.15, 0.2) is 0 Å². The molecule has 0 saturated carbocycles. The first kappa shape index (κ1) is 14.4. The third kappa shape index (κ3) is 11.3. The number of hydrogen-bond donors (Lipinski definition) is 2. The quantitative estimate of drug-likeness (QED) is 0.398. The van der Waals surface area contributed by atoms with Gasteiger partial charge in [0.05, 0.1) is 25.9 Å². The molecule has 0 saturated heterocycles. The lowest BCUT2D eigenvalue weighted by Crippen LogP contribution is -2.31. The number of aliphatic hydroxyl groups is 1. The van der Waals surface area contributed by atoms with Crippen LogP contribution in [0.15, 0.2) is 0 Å². The number of ether oxygens (including phenoxy) is 2. The summed E-state index contributed by atoms with van der Waals surface area (Å²) in [5.41, 5.74) is 0. The highest BCUT2D eigenvalue weighted by molar-refractivity contribution is 4.83. The lowest BCUT2D eigenvalue weighted by Gasteiger charge is -2.11. The van der Waals surface area contributed by atoms with Crippen molar-refractivity contribution in [2.45, 2.75) is 18.9 Å². The van der Waals surface area contributed by atoms with Gasteiger partial charge in [0.2, 0.25) is 0 Å². The minimum absolute atomic E-state index is 0.339. The fourth-order valence-corrected chi connectivity index (χ4v) is 1.00. The zero-order valence-corrected chi connectivity index (χ0v) is 9.37. The summed E-state index contributed by atoms with van der Waals surface area (Å²) < 4.78 is 9.97. The molecule has 0 rings (SSSR count). The number of nitrogens with one attached hydrogen (secondary N) is 1. The molecule has 0 bridgehead atoms. The van der Waals surface area contributed by atoms with Crippen LogP contribution in [-0.4, -0.2) is 51.2 Å². The molecule has 0 aromatic rings. The average Bonchev–Trinajstić information content (AvgIpc) is 2.24. The maximum atomic E-state index is 9.44. The van der Waals surface area contributed by atoms with E-state index in [0.717, 1.165) is 19.4 Å². The number of terminal acetylenes is 1. The van der Waals surface area contributed by atoms with Gasteiger partial charge in [-0.1, -0.05) is 0 Å². The first-order valence-corrected chi connectivity index (χ1v) is 5.20.